The zero-order chi connectivity index (χ0) is 19.5. The third-order valence-electron chi connectivity index (χ3n) is 7.16. The third kappa shape index (κ3) is 2.88. The van der Waals surface area contributed by atoms with Gasteiger partial charge in [0, 0.05) is 24.2 Å². The number of hydrogen-bond donors (Lipinski definition) is 3. The van der Waals surface area contributed by atoms with Crippen molar-refractivity contribution in [1.82, 2.24) is 10.3 Å². The molecule has 3 saturated carbocycles. The van der Waals surface area contributed by atoms with E-state index in [1.165, 1.54) is 25.5 Å². The van der Waals surface area contributed by atoms with Gasteiger partial charge in [0.2, 0.25) is 0 Å². The minimum atomic E-state index is -1.01. The predicted octanol–water partition coefficient (Wildman–Crippen LogP) is 3.72. The molecule has 3 aliphatic rings. The molecule has 3 fully saturated rings. The zero-order valence-corrected chi connectivity index (χ0v) is 15.5. The molecule has 4 atom stereocenters. The maximum absolute atomic E-state index is 13.5. The Kier molecular flexibility index (Phi) is 3.96. The fourth-order valence-electron chi connectivity index (χ4n) is 6.07. The van der Waals surface area contributed by atoms with Crippen molar-refractivity contribution in [2.24, 2.45) is 23.2 Å². The highest BCUT2D eigenvalue weighted by Gasteiger charge is 2.52. The second-order valence-electron chi connectivity index (χ2n) is 8.96. The minimum absolute atomic E-state index is 0.145. The molecule has 0 radical (unpaired) electrons. The summed E-state index contributed by atoms with van der Waals surface area (Å²) in [7, 11) is 0. The Bertz CT molecular complexity index is 968. The normalized spacial score (nSPS) is 30.6. The summed E-state index contributed by atoms with van der Waals surface area (Å²) < 4.78 is 26.8. The number of H-pyrrole nitrogens is 1. The highest BCUT2D eigenvalue weighted by molar-refractivity contribution is 6.40. The SMILES string of the molecule is O=C(NCC12CC3CCC(C1)C(C3)C2)C(=O)Nc1c[nH]c2cc(F)c(F)cc12. The summed E-state index contributed by atoms with van der Waals surface area (Å²) >= 11 is 0. The minimum Gasteiger partial charge on any atom is -0.359 e. The van der Waals surface area contributed by atoms with E-state index in [1.807, 2.05) is 0 Å². The molecule has 0 aliphatic heterocycles. The van der Waals surface area contributed by atoms with Crippen LogP contribution < -0.4 is 10.6 Å². The van der Waals surface area contributed by atoms with E-state index in [9.17, 15) is 18.4 Å². The van der Waals surface area contributed by atoms with E-state index < -0.39 is 23.4 Å². The van der Waals surface area contributed by atoms with Gasteiger partial charge < -0.3 is 15.6 Å². The maximum atomic E-state index is 13.5. The van der Waals surface area contributed by atoms with Gasteiger partial charge in [0.25, 0.3) is 0 Å². The number of amides is 2. The van der Waals surface area contributed by atoms with Gasteiger partial charge in [-0.05, 0) is 61.3 Å². The van der Waals surface area contributed by atoms with Gasteiger partial charge in [0.15, 0.2) is 11.6 Å². The molecule has 2 amide bonds. The fourth-order valence-corrected chi connectivity index (χ4v) is 6.07. The summed E-state index contributed by atoms with van der Waals surface area (Å²) in [4.78, 5) is 27.4. The number of aromatic amines is 1. The van der Waals surface area contributed by atoms with Crippen LogP contribution >= 0.6 is 0 Å². The molecule has 5 rings (SSSR count). The van der Waals surface area contributed by atoms with Crippen molar-refractivity contribution in [2.75, 3.05) is 11.9 Å². The number of nitrogens with one attached hydrogen (secondary N) is 3. The third-order valence-corrected chi connectivity index (χ3v) is 7.16. The van der Waals surface area contributed by atoms with Crippen LogP contribution in [-0.2, 0) is 9.59 Å². The zero-order valence-electron chi connectivity index (χ0n) is 15.5. The molecule has 0 saturated heterocycles. The van der Waals surface area contributed by atoms with Crippen molar-refractivity contribution in [2.45, 2.75) is 38.5 Å². The number of carbonyl (C=O) groups excluding carboxylic acids is 2. The number of hydrogen-bond acceptors (Lipinski definition) is 2. The molecule has 4 unspecified atom stereocenters. The number of halogens is 2. The van der Waals surface area contributed by atoms with Gasteiger partial charge in [0.05, 0.1) is 11.2 Å². The number of rotatable bonds is 3. The van der Waals surface area contributed by atoms with Crippen LogP contribution in [0.4, 0.5) is 14.5 Å². The smallest absolute Gasteiger partial charge is 0.313 e. The van der Waals surface area contributed by atoms with Crippen LogP contribution in [0.2, 0.25) is 0 Å². The van der Waals surface area contributed by atoms with Gasteiger partial charge in [-0.3, -0.25) is 9.59 Å². The molecule has 28 heavy (non-hydrogen) atoms. The molecular weight excluding hydrogens is 364 g/mol. The summed E-state index contributed by atoms with van der Waals surface area (Å²) in [5.41, 5.74) is 0.749. The van der Waals surface area contributed by atoms with Crippen LogP contribution in [0.25, 0.3) is 10.9 Å². The Morgan fingerprint density at radius 2 is 1.86 bits per heavy atom. The molecule has 5 nitrogen and oxygen atoms in total. The predicted molar refractivity (Wildman–Crippen MR) is 100 cm³/mol. The second kappa shape index (κ2) is 6.29. The lowest BCUT2D eigenvalue weighted by atomic mass is 9.67. The number of carbonyl (C=O) groups is 2. The average Bonchev–Trinajstić information content (AvgIpc) is 3.11. The lowest BCUT2D eigenvalue weighted by Gasteiger charge is -2.39. The maximum Gasteiger partial charge on any atom is 0.313 e. The van der Waals surface area contributed by atoms with E-state index in [-0.39, 0.29) is 11.1 Å². The quantitative estimate of drug-likeness (QED) is 0.703. The summed E-state index contributed by atoms with van der Waals surface area (Å²) in [6.07, 6.45) is 8.83. The number of aromatic nitrogens is 1. The van der Waals surface area contributed by atoms with Crippen LogP contribution in [0, 0.1) is 34.8 Å². The Morgan fingerprint density at radius 3 is 2.71 bits per heavy atom. The second-order valence-corrected chi connectivity index (χ2v) is 8.96. The van der Waals surface area contributed by atoms with E-state index in [2.05, 4.69) is 15.6 Å². The van der Waals surface area contributed by atoms with Crippen LogP contribution in [0.1, 0.15) is 38.5 Å². The Balaban J connectivity index is 1.24. The largest absolute Gasteiger partial charge is 0.359 e. The molecule has 3 bridgehead atoms. The molecule has 0 spiro atoms. The summed E-state index contributed by atoms with van der Waals surface area (Å²) in [5.74, 6) is -1.12. The monoisotopic (exact) mass is 387 g/mol. The van der Waals surface area contributed by atoms with Crippen LogP contribution in [0.3, 0.4) is 0 Å². The fraction of sp³-hybridized carbons (Fsp3) is 0.524. The lowest BCUT2D eigenvalue weighted by molar-refractivity contribution is -0.136. The molecule has 2 aromatic rings. The van der Waals surface area contributed by atoms with E-state index in [1.54, 1.807) is 0 Å². The van der Waals surface area contributed by atoms with Gasteiger partial charge in [-0.2, -0.15) is 0 Å². The van der Waals surface area contributed by atoms with Crippen molar-refractivity contribution >= 4 is 28.4 Å². The van der Waals surface area contributed by atoms with E-state index in [4.69, 9.17) is 0 Å². The van der Waals surface area contributed by atoms with Crippen LogP contribution in [0.15, 0.2) is 18.3 Å². The van der Waals surface area contributed by atoms with Gasteiger partial charge in [-0.1, -0.05) is 6.42 Å². The molecule has 3 N–H and O–H groups in total. The highest BCUT2D eigenvalue weighted by atomic mass is 19.2. The molecule has 1 heterocycles. The highest BCUT2D eigenvalue weighted by Crippen LogP contribution is 2.61. The van der Waals surface area contributed by atoms with E-state index in [0.717, 1.165) is 49.1 Å². The molecule has 1 aromatic heterocycles. The first kappa shape index (κ1) is 17.6. The van der Waals surface area contributed by atoms with E-state index >= 15 is 0 Å². The number of fused-ring (bicyclic) bond motifs is 3. The van der Waals surface area contributed by atoms with Gasteiger partial charge in [-0.15, -0.1) is 0 Å². The topological polar surface area (TPSA) is 74.0 Å². The average molecular weight is 387 g/mol. The van der Waals surface area contributed by atoms with Gasteiger partial charge >= 0.3 is 11.8 Å². The molecule has 1 aromatic carbocycles. The summed E-state index contributed by atoms with van der Waals surface area (Å²) in [6.45, 7) is 0.538. The standard InChI is InChI=1S/C21H23F2N3O2/c22-15-4-14-17(5-16(15)23)24-9-18(14)26-20(28)19(27)25-10-21-6-11-1-2-12(7-21)13(3-11)8-21/h4-5,9,11-13,24H,1-3,6-8,10H2,(H,25,27)(H,26,28). The molecule has 148 valence electrons. The Hall–Kier alpha value is -2.44. The summed E-state index contributed by atoms with van der Waals surface area (Å²) in [6, 6.07) is 2.03. The lowest BCUT2D eigenvalue weighted by Crippen LogP contribution is -2.43. The number of anilines is 1. The first-order valence-electron chi connectivity index (χ1n) is 9.98. The molecule has 3 aliphatic carbocycles. The Labute approximate surface area is 161 Å². The summed E-state index contributed by atoms with van der Waals surface area (Å²) in [5, 5.41) is 5.64. The van der Waals surface area contributed by atoms with Crippen molar-refractivity contribution < 1.29 is 18.4 Å². The van der Waals surface area contributed by atoms with Crippen LogP contribution in [-0.4, -0.2) is 23.3 Å². The van der Waals surface area contributed by atoms with Crippen molar-refractivity contribution in [1.29, 1.82) is 0 Å². The van der Waals surface area contributed by atoms with E-state index in [0.29, 0.717) is 17.4 Å². The first-order chi connectivity index (χ1) is 13.4. The van der Waals surface area contributed by atoms with Gasteiger partial charge in [0.1, 0.15) is 0 Å². The van der Waals surface area contributed by atoms with Crippen LogP contribution in [0.5, 0.6) is 0 Å². The Morgan fingerprint density at radius 1 is 1.07 bits per heavy atom. The number of benzene rings is 1. The van der Waals surface area contributed by atoms with Crippen molar-refractivity contribution in [3.8, 4) is 0 Å². The molecule has 7 heteroatoms. The molecular formula is C21H23F2N3O2. The van der Waals surface area contributed by atoms with Crippen molar-refractivity contribution in [3.63, 3.8) is 0 Å². The van der Waals surface area contributed by atoms with Crippen molar-refractivity contribution in [3.05, 3.63) is 30.0 Å². The first-order valence-corrected chi connectivity index (χ1v) is 9.98. The van der Waals surface area contributed by atoms with Gasteiger partial charge in [-0.25, -0.2) is 8.78 Å².